The van der Waals surface area contributed by atoms with Gasteiger partial charge in [-0.3, -0.25) is 4.79 Å². The van der Waals surface area contributed by atoms with Crippen molar-refractivity contribution in [3.8, 4) is 5.75 Å². The van der Waals surface area contributed by atoms with E-state index in [9.17, 15) is 13.7 Å². The number of ether oxygens (including phenoxy) is 1. The lowest BCUT2D eigenvalue weighted by Crippen LogP contribution is -2.31. The first-order valence-electron chi connectivity index (χ1n) is 6.71. The van der Waals surface area contributed by atoms with Crippen molar-refractivity contribution in [1.29, 1.82) is 0 Å². The van der Waals surface area contributed by atoms with Crippen LogP contribution in [0.2, 0.25) is 5.02 Å². The molecular weight excluding hydrogens is 319 g/mol. The first kappa shape index (κ1) is 16.4. The number of hydrogen-bond donors (Lipinski definition) is 1. The van der Waals surface area contributed by atoms with Gasteiger partial charge in [0, 0.05) is 12.1 Å². The molecule has 0 amide bonds. The summed E-state index contributed by atoms with van der Waals surface area (Å²) in [6.07, 6.45) is 1.66. The van der Waals surface area contributed by atoms with Crippen molar-refractivity contribution >= 4 is 28.7 Å². The van der Waals surface area contributed by atoms with Gasteiger partial charge in [0.05, 0.1) is 11.6 Å². The van der Waals surface area contributed by atoms with Crippen LogP contribution in [0.4, 0.5) is 4.39 Å². The Bertz CT molecular complexity index is 540. The highest BCUT2D eigenvalue weighted by Gasteiger charge is 2.43. The van der Waals surface area contributed by atoms with Crippen molar-refractivity contribution in [2.75, 3.05) is 6.61 Å². The standard InChI is InChI=1S/C14H16ClFO4S/c1-2-20-11-7-10(16)13(6-9(11)15)21(19)12-5-3-4-8(12)14(17)18/h6-8,12H,2-5H2,1H3,(H,17,18)/t8-,12-,21+/m1/s1. The number of carboxylic acids is 1. The average molecular weight is 335 g/mol. The second-order valence-corrected chi connectivity index (χ2v) is 6.90. The van der Waals surface area contributed by atoms with E-state index in [1.54, 1.807) is 6.92 Å². The van der Waals surface area contributed by atoms with Gasteiger partial charge < -0.3 is 14.4 Å². The van der Waals surface area contributed by atoms with Crippen LogP contribution in [-0.2, 0) is 16.0 Å². The molecule has 1 aromatic rings. The Morgan fingerprint density at radius 2 is 2.29 bits per heavy atom. The summed E-state index contributed by atoms with van der Waals surface area (Å²) in [6.45, 7) is 2.08. The molecule has 0 saturated heterocycles. The predicted molar refractivity (Wildman–Crippen MR) is 77.8 cm³/mol. The third-order valence-electron chi connectivity index (χ3n) is 3.55. The second kappa shape index (κ2) is 6.85. The number of aliphatic carboxylic acids is 1. The zero-order valence-corrected chi connectivity index (χ0v) is 13.0. The van der Waals surface area contributed by atoms with Gasteiger partial charge in [-0.05, 0) is 37.4 Å². The Balaban J connectivity index is 2.28. The van der Waals surface area contributed by atoms with Crippen LogP contribution < -0.4 is 4.74 Å². The fourth-order valence-corrected chi connectivity index (χ4v) is 4.58. The fourth-order valence-electron chi connectivity index (χ4n) is 2.56. The molecule has 7 heteroatoms. The summed E-state index contributed by atoms with van der Waals surface area (Å²) in [5.41, 5.74) is 0. The van der Waals surface area contributed by atoms with Crippen molar-refractivity contribution < 1.29 is 23.6 Å². The molecule has 1 N–H and O–H groups in total. The maximum Gasteiger partial charge on any atom is 0.311 e. The number of carbonyl (C=O) groups is 1. The Labute approximate surface area is 130 Å². The van der Waals surface area contributed by atoms with E-state index in [0.29, 0.717) is 25.9 Å². The van der Waals surface area contributed by atoms with Gasteiger partial charge in [0.1, 0.15) is 16.9 Å². The lowest BCUT2D eigenvalue weighted by molar-refractivity contribution is -0.141. The molecule has 0 heterocycles. The Hall–Kier alpha value is -0.980. The van der Waals surface area contributed by atoms with E-state index in [1.807, 2.05) is 0 Å². The summed E-state index contributed by atoms with van der Waals surface area (Å²) in [5, 5.41) is 8.74. The topological polar surface area (TPSA) is 69.6 Å². The molecule has 21 heavy (non-hydrogen) atoms. The molecule has 1 saturated carbocycles. The summed E-state index contributed by atoms with van der Waals surface area (Å²) in [6, 6.07) is 2.37. The van der Waals surface area contributed by atoms with E-state index in [1.165, 1.54) is 6.07 Å². The number of halogens is 2. The second-order valence-electron chi connectivity index (χ2n) is 4.86. The van der Waals surface area contributed by atoms with Crippen LogP contribution in [0, 0.1) is 11.7 Å². The predicted octanol–water partition coefficient (Wildman–Crippen LogP) is 3.24. The smallest absolute Gasteiger partial charge is 0.311 e. The normalized spacial score (nSPS) is 23.0. The first-order valence-corrected chi connectivity index (χ1v) is 8.30. The number of benzene rings is 1. The highest BCUT2D eigenvalue weighted by molar-refractivity contribution is 7.92. The van der Waals surface area contributed by atoms with Crippen LogP contribution in [-0.4, -0.2) is 27.5 Å². The van der Waals surface area contributed by atoms with Crippen molar-refractivity contribution in [3.05, 3.63) is 23.0 Å². The molecule has 2 rings (SSSR count). The van der Waals surface area contributed by atoms with Crippen molar-refractivity contribution in [3.63, 3.8) is 0 Å². The maximum absolute atomic E-state index is 14.1. The van der Waals surface area contributed by atoms with Crippen molar-refractivity contribution in [2.45, 2.75) is 36.3 Å². The molecule has 4 nitrogen and oxygen atoms in total. The third kappa shape index (κ3) is 3.44. The molecule has 1 aliphatic carbocycles. The summed E-state index contributed by atoms with van der Waals surface area (Å²) in [7, 11) is 0. The maximum atomic E-state index is 14.1. The van der Waals surface area contributed by atoms with Crippen LogP contribution >= 0.6 is 11.6 Å². The van der Waals surface area contributed by atoms with Crippen LogP contribution in [0.5, 0.6) is 5.75 Å². The minimum Gasteiger partial charge on any atom is -0.611 e. The van der Waals surface area contributed by atoms with Crippen LogP contribution in [0.25, 0.3) is 0 Å². The molecule has 3 atom stereocenters. The minimum atomic E-state index is -1.74. The minimum absolute atomic E-state index is 0.0541. The summed E-state index contributed by atoms with van der Waals surface area (Å²) < 4.78 is 31.8. The Kier molecular flexibility index (Phi) is 5.35. The van der Waals surface area contributed by atoms with Gasteiger partial charge in [-0.25, -0.2) is 4.39 Å². The molecule has 0 unspecified atom stereocenters. The lowest BCUT2D eigenvalue weighted by atomic mass is 10.1. The fraction of sp³-hybridized carbons (Fsp3) is 0.500. The van der Waals surface area contributed by atoms with Gasteiger partial charge >= 0.3 is 5.97 Å². The molecular formula is C14H16ClFO4S. The van der Waals surface area contributed by atoms with Gasteiger partial charge in [0.2, 0.25) is 0 Å². The molecule has 116 valence electrons. The number of hydrogen-bond acceptors (Lipinski definition) is 3. The molecule has 0 aromatic heterocycles. The van der Waals surface area contributed by atoms with Gasteiger partial charge in [0.15, 0.2) is 10.7 Å². The van der Waals surface area contributed by atoms with E-state index < -0.39 is 34.1 Å². The van der Waals surface area contributed by atoms with Crippen LogP contribution in [0.15, 0.2) is 17.0 Å². The van der Waals surface area contributed by atoms with E-state index in [4.69, 9.17) is 21.4 Å². The zero-order valence-electron chi connectivity index (χ0n) is 11.5. The van der Waals surface area contributed by atoms with E-state index >= 15 is 0 Å². The Morgan fingerprint density at radius 3 is 2.90 bits per heavy atom. The molecule has 1 fully saturated rings. The van der Waals surface area contributed by atoms with Gasteiger partial charge in [-0.1, -0.05) is 11.6 Å². The van der Waals surface area contributed by atoms with Crippen molar-refractivity contribution in [1.82, 2.24) is 0 Å². The lowest BCUT2D eigenvalue weighted by Gasteiger charge is -2.21. The van der Waals surface area contributed by atoms with Gasteiger partial charge in [-0.2, -0.15) is 0 Å². The zero-order chi connectivity index (χ0) is 15.6. The van der Waals surface area contributed by atoms with E-state index in [-0.39, 0.29) is 15.7 Å². The molecule has 0 spiro atoms. The molecule has 0 aliphatic heterocycles. The quantitative estimate of drug-likeness (QED) is 0.839. The SMILES string of the molecule is CCOc1cc(F)c([S@@+]([O-])[C@@H]2CCC[C@H]2C(=O)O)cc1Cl. The summed E-state index contributed by atoms with van der Waals surface area (Å²) in [4.78, 5) is 11.1. The van der Waals surface area contributed by atoms with E-state index in [0.717, 1.165) is 6.07 Å². The summed E-state index contributed by atoms with van der Waals surface area (Å²) >= 11 is 4.25. The molecule has 0 bridgehead atoms. The molecule has 1 aromatic carbocycles. The van der Waals surface area contributed by atoms with Gasteiger partial charge in [-0.15, -0.1) is 0 Å². The molecule has 0 radical (unpaired) electrons. The van der Waals surface area contributed by atoms with Gasteiger partial charge in [0.25, 0.3) is 0 Å². The Morgan fingerprint density at radius 1 is 1.57 bits per heavy atom. The van der Waals surface area contributed by atoms with Crippen LogP contribution in [0.3, 0.4) is 0 Å². The largest absolute Gasteiger partial charge is 0.611 e. The van der Waals surface area contributed by atoms with E-state index in [2.05, 4.69) is 0 Å². The van der Waals surface area contributed by atoms with Crippen molar-refractivity contribution in [2.24, 2.45) is 5.92 Å². The molecule has 1 aliphatic rings. The highest BCUT2D eigenvalue weighted by Crippen LogP contribution is 2.38. The number of rotatable bonds is 5. The van der Waals surface area contributed by atoms with Crippen LogP contribution in [0.1, 0.15) is 26.2 Å². The average Bonchev–Trinajstić information content (AvgIpc) is 2.91. The summed E-state index contributed by atoms with van der Waals surface area (Å²) in [5.74, 6) is -2.17. The third-order valence-corrected chi connectivity index (χ3v) is 5.70. The monoisotopic (exact) mass is 334 g/mol. The first-order chi connectivity index (χ1) is 9.95. The highest BCUT2D eigenvalue weighted by atomic mass is 35.5. The number of carboxylic acid groups (broad SMARTS) is 1.